The number of hydrogen-bond donors (Lipinski definition) is 1. The molecule has 21 heavy (non-hydrogen) atoms. The van der Waals surface area contributed by atoms with Crippen molar-refractivity contribution in [2.24, 2.45) is 5.92 Å². The van der Waals surface area contributed by atoms with Gasteiger partial charge in [0.05, 0.1) is 0 Å². The Kier molecular flexibility index (Phi) is 5.13. The van der Waals surface area contributed by atoms with Crippen LogP contribution in [0.3, 0.4) is 0 Å². The fraction of sp³-hybridized carbons (Fsp3) is 0.444. The van der Waals surface area contributed by atoms with E-state index in [4.69, 9.17) is 16.0 Å². The Morgan fingerprint density at radius 3 is 2.14 bits per heavy atom. The lowest BCUT2D eigenvalue weighted by Crippen LogP contribution is -2.28. The Morgan fingerprint density at radius 1 is 1.05 bits per heavy atom. The first-order valence-corrected chi connectivity index (χ1v) is 7.84. The van der Waals surface area contributed by atoms with E-state index in [-0.39, 0.29) is 12.1 Å². The van der Waals surface area contributed by atoms with Gasteiger partial charge in [0.15, 0.2) is 0 Å². The molecule has 0 aliphatic heterocycles. The molecule has 0 spiro atoms. The normalized spacial score (nSPS) is 14.4. The highest BCUT2D eigenvalue weighted by Crippen LogP contribution is 2.28. The second-order valence-corrected chi connectivity index (χ2v) is 6.47. The van der Waals surface area contributed by atoms with E-state index in [1.165, 1.54) is 11.1 Å². The van der Waals surface area contributed by atoms with Crippen LogP contribution in [0.25, 0.3) is 0 Å². The number of nitrogens with one attached hydrogen (secondary N) is 1. The Morgan fingerprint density at radius 2 is 1.67 bits per heavy atom. The number of rotatable bonds is 5. The van der Waals surface area contributed by atoms with Crippen LogP contribution in [-0.2, 0) is 0 Å². The van der Waals surface area contributed by atoms with Crippen LogP contribution in [-0.4, -0.2) is 0 Å². The lowest BCUT2D eigenvalue weighted by atomic mass is 9.94. The van der Waals surface area contributed by atoms with Gasteiger partial charge in [-0.1, -0.05) is 37.6 Å². The molecule has 0 aliphatic rings. The van der Waals surface area contributed by atoms with Crippen molar-refractivity contribution >= 4 is 11.6 Å². The zero-order valence-electron chi connectivity index (χ0n) is 13.4. The lowest BCUT2D eigenvalue weighted by Gasteiger charge is -2.27. The molecule has 1 heterocycles. The summed E-state index contributed by atoms with van der Waals surface area (Å²) in [5, 5.41) is 4.49. The van der Waals surface area contributed by atoms with Gasteiger partial charge in [0, 0.05) is 22.7 Å². The van der Waals surface area contributed by atoms with Crippen molar-refractivity contribution in [3.05, 3.63) is 58.0 Å². The minimum atomic E-state index is 0.241. The first-order chi connectivity index (χ1) is 9.88. The van der Waals surface area contributed by atoms with Crippen LogP contribution in [0.4, 0.5) is 0 Å². The Balaban J connectivity index is 2.20. The van der Waals surface area contributed by atoms with Crippen molar-refractivity contribution in [2.45, 2.75) is 46.7 Å². The third-order valence-electron chi connectivity index (χ3n) is 3.87. The van der Waals surface area contributed by atoms with Gasteiger partial charge in [-0.25, -0.2) is 0 Å². The summed E-state index contributed by atoms with van der Waals surface area (Å²) < 4.78 is 5.64. The fourth-order valence-electron chi connectivity index (χ4n) is 2.78. The highest BCUT2D eigenvalue weighted by atomic mass is 35.5. The molecule has 0 amide bonds. The van der Waals surface area contributed by atoms with Gasteiger partial charge in [0.1, 0.15) is 11.5 Å². The molecule has 2 rings (SSSR count). The third-order valence-corrected chi connectivity index (χ3v) is 4.12. The SMILES string of the molecule is Cc1cc(C(C)NC(c2ccc(Cl)cc2)C(C)C)c(C)o1. The van der Waals surface area contributed by atoms with Gasteiger partial charge in [0.2, 0.25) is 0 Å². The van der Waals surface area contributed by atoms with Gasteiger partial charge in [-0.05, 0) is 50.5 Å². The predicted octanol–water partition coefficient (Wildman–Crippen LogP) is 5.60. The molecule has 0 saturated heterocycles. The Hall–Kier alpha value is -1.25. The summed E-state index contributed by atoms with van der Waals surface area (Å²) in [6, 6.07) is 10.7. The van der Waals surface area contributed by atoms with Crippen LogP contribution in [0.1, 0.15) is 55.5 Å². The van der Waals surface area contributed by atoms with Crippen molar-refractivity contribution < 1.29 is 4.42 Å². The molecular formula is C18H24ClNO. The highest BCUT2D eigenvalue weighted by molar-refractivity contribution is 6.30. The Bertz CT molecular complexity index is 586. The van der Waals surface area contributed by atoms with E-state index in [1.807, 2.05) is 26.0 Å². The van der Waals surface area contributed by atoms with Crippen LogP contribution in [0, 0.1) is 19.8 Å². The van der Waals surface area contributed by atoms with Crippen molar-refractivity contribution in [1.29, 1.82) is 0 Å². The zero-order chi connectivity index (χ0) is 15.6. The molecule has 2 aromatic rings. The molecule has 1 aromatic heterocycles. The van der Waals surface area contributed by atoms with Crippen molar-refractivity contribution in [2.75, 3.05) is 0 Å². The summed E-state index contributed by atoms with van der Waals surface area (Å²) in [5.41, 5.74) is 2.49. The fourth-order valence-corrected chi connectivity index (χ4v) is 2.91. The molecule has 2 atom stereocenters. The van der Waals surface area contributed by atoms with Gasteiger partial charge in [-0.2, -0.15) is 0 Å². The molecule has 0 radical (unpaired) electrons. The number of halogens is 1. The average molecular weight is 306 g/mol. The van der Waals surface area contributed by atoms with Crippen LogP contribution in [0.5, 0.6) is 0 Å². The molecule has 0 fully saturated rings. The molecule has 1 aromatic carbocycles. The Labute approximate surface area is 132 Å². The molecular weight excluding hydrogens is 282 g/mol. The highest BCUT2D eigenvalue weighted by Gasteiger charge is 2.21. The summed E-state index contributed by atoms with van der Waals surface area (Å²) in [6.07, 6.45) is 0. The summed E-state index contributed by atoms with van der Waals surface area (Å²) >= 11 is 5.99. The number of hydrogen-bond acceptors (Lipinski definition) is 2. The van der Waals surface area contributed by atoms with E-state index in [1.54, 1.807) is 0 Å². The van der Waals surface area contributed by atoms with E-state index in [0.29, 0.717) is 5.92 Å². The first kappa shape index (κ1) is 16.1. The van der Waals surface area contributed by atoms with Crippen molar-refractivity contribution in [3.8, 4) is 0 Å². The van der Waals surface area contributed by atoms with E-state index < -0.39 is 0 Å². The lowest BCUT2D eigenvalue weighted by molar-refractivity contribution is 0.371. The van der Waals surface area contributed by atoms with Gasteiger partial charge in [-0.15, -0.1) is 0 Å². The maximum Gasteiger partial charge on any atom is 0.105 e. The van der Waals surface area contributed by atoms with E-state index in [0.717, 1.165) is 16.5 Å². The van der Waals surface area contributed by atoms with E-state index in [9.17, 15) is 0 Å². The van der Waals surface area contributed by atoms with Gasteiger partial charge < -0.3 is 9.73 Å². The molecule has 0 saturated carbocycles. The van der Waals surface area contributed by atoms with Crippen LogP contribution >= 0.6 is 11.6 Å². The van der Waals surface area contributed by atoms with Gasteiger partial charge in [-0.3, -0.25) is 0 Å². The topological polar surface area (TPSA) is 25.2 Å². The largest absolute Gasteiger partial charge is 0.466 e. The minimum absolute atomic E-state index is 0.241. The maximum absolute atomic E-state index is 5.99. The van der Waals surface area contributed by atoms with Crippen LogP contribution in [0.15, 0.2) is 34.7 Å². The average Bonchev–Trinajstić information content (AvgIpc) is 2.76. The van der Waals surface area contributed by atoms with E-state index in [2.05, 4.69) is 44.3 Å². The number of aryl methyl sites for hydroxylation is 2. The first-order valence-electron chi connectivity index (χ1n) is 7.47. The number of furan rings is 1. The van der Waals surface area contributed by atoms with Gasteiger partial charge in [0.25, 0.3) is 0 Å². The summed E-state index contributed by atoms with van der Waals surface area (Å²) in [7, 11) is 0. The summed E-state index contributed by atoms with van der Waals surface area (Å²) in [4.78, 5) is 0. The molecule has 1 N–H and O–H groups in total. The quantitative estimate of drug-likeness (QED) is 0.778. The van der Waals surface area contributed by atoms with E-state index >= 15 is 0 Å². The molecule has 3 heteroatoms. The minimum Gasteiger partial charge on any atom is -0.466 e. The summed E-state index contributed by atoms with van der Waals surface area (Å²) in [6.45, 7) is 10.6. The number of benzene rings is 1. The molecule has 2 nitrogen and oxygen atoms in total. The molecule has 114 valence electrons. The molecule has 0 aliphatic carbocycles. The summed E-state index contributed by atoms with van der Waals surface area (Å²) in [5.74, 6) is 2.44. The molecule has 2 unspecified atom stereocenters. The van der Waals surface area contributed by atoms with Crippen LogP contribution in [0.2, 0.25) is 5.02 Å². The zero-order valence-corrected chi connectivity index (χ0v) is 14.2. The third kappa shape index (κ3) is 3.90. The van der Waals surface area contributed by atoms with Crippen LogP contribution < -0.4 is 5.32 Å². The maximum atomic E-state index is 5.99. The molecule has 0 bridgehead atoms. The second-order valence-electron chi connectivity index (χ2n) is 6.03. The standard InChI is InChI=1S/C18H24ClNO/c1-11(2)18(15-6-8-16(19)9-7-15)20-13(4)17-10-12(3)21-14(17)5/h6-11,13,18,20H,1-5H3. The monoisotopic (exact) mass is 305 g/mol. The van der Waals surface area contributed by atoms with Crippen molar-refractivity contribution in [3.63, 3.8) is 0 Å². The van der Waals surface area contributed by atoms with Crippen molar-refractivity contribution in [1.82, 2.24) is 5.32 Å². The smallest absolute Gasteiger partial charge is 0.105 e. The second kappa shape index (κ2) is 6.67. The predicted molar refractivity (Wildman–Crippen MR) is 88.8 cm³/mol. The van der Waals surface area contributed by atoms with Gasteiger partial charge >= 0.3 is 0 Å².